The summed E-state index contributed by atoms with van der Waals surface area (Å²) >= 11 is 1.23. The number of carbonyl (C=O) groups excluding carboxylic acids is 1. The fraction of sp³-hybridized carbons (Fsp3) is 0.292. The van der Waals surface area contributed by atoms with Crippen molar-refractivity contribution >= 4 is 23.4 Å². The average Bonchev–Trinajstić information content (AvgIpc) is 3.36. The van der Waals surface area contributed by atoms with Crippen LogP contribution in [-0.4, -0.2) is 30.9 Å². The van der Waals surface area contributed by atoms with Crippen LogP contribution in [0.15, 0.2) is 56.3 Å². The molecule has 0 saturated heterocycles. The number of thiazole rings is 1. The van der Waals surface area contributed by atoms with Gasteiger partial charge in [-0.2, -0.15) is 0 Å². The van der Waals surface area contributed by atoms with Gasteiger partial charge in [-0.15, -0.1) is 0 Å². The molecule has 1 aliphatic rings. The molecule has 1 aliphatic heterocycles. The summed E-state index contributed by atoms with van der Waals surface area (Å²) in [5, 5.41) is 0. The second-order valence-electron chi connectivity index (χ2n) is 7.20. The van der Waals surface area contributed by atoms with Crippen LogP contribution in [-0.2, 0) is 9.53 Å². The Morgan fingerprint density at radius 1 is 1.18 bits per heavy atom. The van der Waals surface area contributed by atoms with E-state index in [1.54, 1.807) is 24.3 Å². The van der Waals surface area contributed by atoms with Crippen LogP contribution in [0.25, 0.3) is 6.08 Å². The molecule has 0 unspecified atom stereocenters. The molecule has 2 aromatic heterocycles. The maximum Gasteiger partial charge on any atom is 0.337 e. The highest BCUT2D eigenvalue weighted by molar-refractivity contribution is 7.07. The maximum atomic E-state index is 13.5. The normalized spacial score (nSPS) is 15.5. The third-order valence-corrected chi connectivity index (χ3v) is 6.04. The molecule has 33 heavy (non-hydrogen) atoms. The van der Waals surface area contributed by atoms with Gasteiger partial charge in [0, 0.05) is 12.3 Å². The number of hydrogen-bond acceptors (Lipinski definition) is 8. The highest BCUT2D eigenvalue weighted by atomic mass is 32.1. The van der Waals surface area contributed by atoms with Gasteiger partial charge < -0.3 is 18.6 Å². The second kappa shape index (κ2) is 9.50. The van der Waals surface area contributed by atoms with E-state index in [4.69, 9.17) is 18.6 Å². The molecule has 9 heteroatoms. The Morgan fingerprint density at radius 2 is 1.94 bits per heavy atom. The molecule has 0 fully saturated rings. The van der Waals surface area contributed by atoms with Crippen LogP contribution in [0.2, 0.25) is 0 Å². The summed E-state index contributed by atoms with van der Waals surface area (Å²) in [6.07, 6.45) is 3.14. The van der Waals surface area contributed by atoms with Crippen molar-refractivity contribution < 1.29 is 23.4 Å². The van der Waals surface area contributed by atoms with E-state index in [1.807, 2.05) is 32.9 Å². The van der Waals surface area contributed by atoms with Gasteiger partial charge in [0.1, 0.15) is 11.5 Å². The van der Waals surface area contributed by atoms with E-state index in [0.29, 0.717) is 45.4 Å². The quantitative estimate of drug-likeness (QED) is 0.495. The van der Waals surface area contributed by atoms with E-state index < -0.39 is 12.0 Å². The highest BCUT2D eigenvalue weighted by Gasteiger charge is 2.31. The molecule has 0 bridgehead atoms. The lowest BCUT2D eigenvalue weighted by Gasteiger charge is -2.23. The Kier molecular flexibility index (Phi) is 6.50. The molecule has 0 spiro atoms. The van der Waals surface area contributed by atoms with Crippen molar-refractivity contribution in [2.45, 2.75) is 26.8 Å². The number of rotatable bonds is 7. The largest absolute Gasteiger partial charge is 0.490 e. The number of aromatic nitrogens is 1. The molecule has 1 aromatic carbocycles. The van der Waals surface area contributed by atoms with Gasteiger partial charge in [0.05, 0.1) is 36.5 Å². The van der Waals surface area contributed by atoms with Gasteiger partial charge in [-0.25, -0.2) is 9.79 Å². The number of fused-ring (bicyclic) bond motifs is 1. The fourth-order valence-electron chi connectivity index (χ4n) is 3.65. The van der Waals surface area contributed by atoms with Gasteiger partial charge in [-0.05, 0) is 50.6 Å². The minimum absolute atomic E-state index is 0.247. The first-order chi connectivity index (χ1) is 16.0. The van der Waals surface area contributed by atoms with Crippen LogP contribution >= 0.6 is 11.3 Å². The molecule has 4 rings (SSSR count). The monoisotopic (exact) mass is 468 g/mol. The molecule has 0 N–H and O–H groups in total. The Morgan fingerprint density at radius 3 is 2.61 bits per heavy atom. The summed E-state index contributed by atoms with van der Waals surface area (Å²) in [6.45, 7) is 6.52. The number of aryl methyl sites for hydroxylation is 1. The molecule has 0 radical (unpaired) electrons. The van der Waals surface area contributed by atoms with Gasteiger partial charge in [-0.3, -0.25) is 9.36 Å². The van der Waals surface area contributed by atoms with Gasteiger partial charge in [-0.1, -0.05) is 17.4 Å². The third-order valence-electron chi connectivity index (χ3n) is 5.04. The number of hydrogen-bond donors (Lipinski definition) is 0. The molecule has 0 amide bonds. The summed E-state index contributed by atoms with van der Waals surface area (Å²) in [5.41, 5.74) is 0.644. The molecule has 1 atom stereocenters. The molecule has 0 saturated carbocycles. The van der Waals surface area contributed by atoms with Crippen molar-refractivity contribution in [1.29, 1.82) is 0 Å². The van der Waals surface area contributed by atoms with Crippen molar-refractivity contribution in [3.05, 3.63) is 78.9 Å². The van der Waals surface area contributed by atoms with Crippen LogP contribution in [0, 0.1) is 6.92 Å². The second-order valence-corrected chi connectivity index (χ2v) is 8.21. The van der Waals surface area contributed by atoms with Crippen molar-refractivity contribution in [2.24, 2.45) is 4.99 Å². The van der Waals surface area contributed by atoms with Crippen molar-refractivity contribution in [1.82, 2.24) is 4.57 Å². The summed E-state index contributed by atoms with van der Waals surface area (Å²) in [5.74, 6) is 1.88. The number of carbonyl (C=O) groups is 1. The van der Waals surface area contributed by atoms with Crippen LogP contribution in [0.3, 0.4) is 0 Å². The Hall–Kier alpha value is -3.59. The van der Waals surface area contributed by atoms with E-state index in [0.717, 1.165) is 5.76 Å². The van der Waals surface area contributed by atoms with Crippen molar-refractivity contribution in [3.8, 4) is 11.5 Å². The molecule has 0 aliphatic carbocycles. The molecule has 3 heterocycles. The average molecular weight is 469 g/mol. The standard InChI is InChI=1S/C24H24N2O6S/c1-5-30-18-10-8-15(11-19(18)31-6-2)21-17(23(28)29-4)13-25-24-26(21)22(27)20(33-24)12-16-9-7-14(3)32-16/h7-13,21H,5-6H2,1-4H3/b20-12-/t21-/m0/s1. The van der Waals surface area contributed by atoms with Gasteiger partial charge in [0.2, 0.25) is 0 Å². The van der Waals surface area contributed by atoms with E-state index in [9.17, 15) is 9.59 Å². The first-order valence-electron chi connectivity index (χ1n) is 10.5. The molecule has 3 aromatic rings. The minimum Gasteiger partial charge on any atom is -0.490 e. The van der Waals surface area contributed by atoms with E-state index in [1.165, 1.54) is 29.2 Å². The Balaban J connectivity index is 1.90. The summed E-state index contributed by atoms with van der Waals surface area (Å²) in [6, 6.07) is 8.27. The number of nitrogens with zero attached hydrogens (tertiary/aromatic N) is 2. The summed E-state index contributed by atoms with van der Waals surface area (Å²) < 4.78 is 24.0. The van der Waals surface area contributed by atoms with E-state index in [-0.39, 0.29) is 11.1 Å². The number of furan rings is 1. The number of ether oxygens (including phenoxy) is 3. The maximum absolute atomic E-state index is 13.5. The predicted molar refractivity (Wildman–Crippen MR) is 123 cm³/mol. The molecule has 172 valence electrons. The minimum atomic E-state index is -0.732. The summed E-state index contributed by atoms with van der Waals surface area (Å²) in [4.78, 5) is 30.9. The van der Waals surface area contributed by atoms with E-state index in [2.05, 4.69) is 4.99 Å². The van der Waals surface area contributed by atoms with Gasteiger partial charge >= 0.3 is 5.97 Å². The number of methoxy groups -OCH3 is 1. The first-order valence-corrected chi connectivity index (χ1v) is 11.3. The summed E-state index contributed by atoms with van der Waals surface area (Å²) in [7, 11) is 1.30. The smallest absolute Gasteiger partial charge is 0.337 e. The fourth-order valence-corrected chi connectivity index (χ4v) is 4.60. The molecular weight excluding hydrogens is 444 g/mol. The predicted octanol–water partition coefficient (Wildman–Crippen LogP) is 2.72. The zero-order valence-corrected chi connectivity index (χ0v) is 19.6. The Labute approximate surface area is 194 Å². The van der Waals surface area contributed by atoms with Crippen LogP contribution in [0.4, 0.5) is 0 Å². The zero-order valence-electron chi connectivity index (χ0n) is 18.8. The molecular formula is C24H24N2O6S. The van der Waals surface area contributed by atoms with Crippen molar-refractivity contribution in [2.75, 3.05) is 20.3 Å². The van der Waals surface area contributed by atoms with Crippen LogP contribution in [0.1, 0.15) is 37.0 Å². The molecule has 8 nitrogen and oxygen atoms in total. The van der Waals surface area contributed by atoms with Crippen LogP contribution < -0.4 is 24.4 Å². The SMILES string of the molecule is CCOc1ccc([C@H]2C(C(=O)OC)=CN=c3s/c(=C\c4ccc(C)o4)c(=O)n32)cc1OCC. The van der Waals surface area contributed by atoms with Gasteiger partial charge in [0.25, 0.3) is 5.56 Å². The lowest BCUT2D eigenvalue weighted by molar-refractivity contribution is -0.136. The van der Waals surface area contributed by atoms with Crippen LogP contribution in [0.5, 0.6) is 11.5 Å². The van der Waals surface area contributed by atoms with Gasteiger partial charge in [0.15, 0.2) is 16.3 Å². The first kappa shape index (κ1) is 22.6. The Bertz CT molecular complexity index is 1390. The number of esters is 1. The zero-order chi connectivity index (χ0) is 23.5. The lowest BCUT2D eigenvalue weighted by Crippen LogP contribution is -2.39. The lowest BCUT2D eigenvalue weighted by atomic mass is 9.97. The van der Waals surface area contributed by atoms with E-state index >= 15 is 0 Å². The number of benzene rings is 1. The topological polar surface area (TPSA) is 92.3 Å². The third kappa shape index (κ3) is 4.36. The highest BCUT2D eigenvalue weighted by Crippen LogP contribution is 2.35. The van der Waals surface area contributed by atoms with Crippen molar-refractivity contribution in [3.63, 3.8) is 0 Å².